The molecule has 2 atom stereocenters. The molecule has 0 radical (unpaired) electrons. The monoisotopic (exact) mass is 368 g/mol. The van der Waals surface area contributed by atoms with E-state index < -0.39 is 0 Å². The quantitative estimate of drug-likeness (QED) is 0.350. The van der Waals surface area contributed by atoms with E-state index >= 15 is 0 Å². The molecule has 144 valence electrons. The molecule has 2 unspecified atom stereocenters. The number of ether oxygens (including phenoxy) is 1. The zero-order valence-corrected chi connectivity index (χ0v) is 16.8. The van der Waals surface area contributed by atoms with Gasteiger partial charge in [-0.15, -0.1) is 11.6 Å². The van der Waals surface area contributed by atoms with Gasteiger partial charge in [0, 0.05) is 12.5 Å². The van der Waals surface area contributed by atoms with Crippen LogP contribution in [0.1, 0.15) is 52.4 Å². The molecule has 2 aliphatic carbocycles. The Morgan fingerprint density at radius 3 is 1.92 bits per heavy atom. The Kier molecular flexibility index (Phi) is 18.8. The molecule has 0 heterocycles. The smallest absolute Gasteiger partial charge is 0.0647 e. The van der Waals surface area contributed by atoms with Gasteiger partial charge >= 0.3 is 0 Å². The van der Waals surface area contributed by atoms with Gasteiger partial charge in [-0.05, 0) is 64.2 Å². The average molecular weight is 369 g/mol. The predicted octanol–water partition coefficient (Wildman–Crippen LogP) is 6.07. The first kappa shape index (κ1) is 24.2. The lowest BCUT2D eigenvalue weighted by atomic mass is 9.95. The maximum Gasteiger partial charge on any atom is 0.0647 e. The third kappa shape index (κ3) is 16.4. The summed E-state index contributed by atoms with van der Waals surface area (Å²) in [5.41, 5.74) is 0. The van der Waals surface area contributed by atoms with Crippen molar-refractivity contribution in [3.8, 4) is 0 Å². The van der Waals surface area contributed by atoms with Crippen molar-refractivity contribution in [2.75, 3.05) is 25.7 Å². The van der Waals surface area contributed by atoms with Crippen LogP contribution in [0.5, 0.6) is 0 Å². The van der Waals surface area contributed by atoms with E-state index in [1.165, 1.54) is 25.7 Å². The molecule has 0 aliphatic heterocycles. The van der Waals surface area contributed by atoms with E-state index in [2.05, 4.69) is 30.4 Å². The Balaban J connectivity index is 0.000000382. The number of alkyl halides is 1. The molecule has 0 saturated heterocycles. The van der Waals surface area contributed by atoms with E-state index in [9.17, 15) is 0 Å². The minimum Gasteiger partial charge on any atom is -0.396 e. The maximum atomic E-state index is 8.66. The summed E-state index contributed by atoms with van der Waals surface area (Å²) >= 11 is 5.21. The van der Waals surface area contributed by atoms with Gasteiger partial charge in [-0.1, -0.05) is 48.6 Å². The Labute approximate surface area is 160 Å². The Morgan fingerprint density at radius 2 is 1.56 bits per heavy atom. The number of hydrogen-bond donors (Lipinski definition) is 1. The second kappa shape index (κ2) is 19.5. The maximum absolute atomic E-state index is 8.66. The summed E-state index contributed by atoms with van der Waals surface area (Å²) in [7, 11) is 0. The van der Waals surface area contributed by atoms with Crippen molar-refractivity contribution in [1.82, 2.24) is 0 Å². The molecule has 0 bridgehead atoms. The predicted molar refractivity (Wildman–Crippen MR) is 111 cm³/mol. The van der Waals surface area contributed by atoms with Gasteiger partial charge in [0.15, 0.2) is 0 Å². The highest BCUT2D eigenvalue weighted by Gasteiger charge is 2.08. The second-order valence-corrected chi connectivity index (χ2v) is 6.62. The van der Waals surface area contributed by atoms with Crippen molar-refractivity contribution in [1.29, 1.82) is 0 Å². The Hall–Kier alpha value is -0.830. The van der Waals surface area contributed by atoms with Crippen LogP contribution in [0.15, 0.2) is 48.6 Å². The molecule has 25 heavy (non-hydrogen) atoms. The standard InChI is InChI=1S/C11H18O.C7H12O.C4H7Cl/c1-2-3-9-12-10-11-7-5-4-6-8-11;8-6-7-4-2-1-3-5-7;1-2-3-4-5/h2-5,11H,6-10H2,1H3;1-2,7-8H,3-6H2;2-3H,4H2,1H3. The highest BCUT2D eigenvalue weighted by molar-refractivity contribution is 6.18. The topological polar surface area (TPSA) is 29.5 Å². The molecule has 0 aromatic rings. The van der Waals surface area contributed by atoms with Crippen molar-refractivity contribution in [3.63, 3.8) is 0 Å². The highest BCUT2D eigenvalue weighted by Crippen LogP contribution is 2.18. The summed E-state index contributed by atoms with van der Waals surface area (Å²) in [5, 5.41) is 8.66. The number of hydrogen-bond acceptors (Lipinski definition) is 2. The van der Waals surface area contributed by atoms with Gasteiger partial charge in [0.05, 0.1) is 13.2 Å². The molecule has 1 N–H and O–H groups in total. The third-order valence-corrected chi connectivity index (χ3v) is 4.32. The number of aliphatic hydroxyl groups is 1. The minimum absolute atomic E-state index is 0.365. The Bertz CT molecular complexity index is 385. The first-order valence-electron chi connectivity index (χ1n) is 9.55. The fraction of sp³-hybridized carbons (Fsp3) is 0.636. The zero-order chi connectivity index (χ0) is 18.6. The van der Waals surface area contributed by atoms with Gasteiger partial charge in [0.1, 0.15) is 0 Å². The number of aliphatic hydroxyl groups excluding tert-OH is 1. The summed E-state index contributed by atoms with van der Waals surface area (Å²) < 4.78 is 5.49. The number of halogens is 1. The molecule has 2 nitrogen and oxygen atoms in total. The van der Waals surface area contributed by atoms with Crippen molar-refractivity contribution < 1.29 is 9.84 Å². The fourth-order valence-electron chi connectivity index (χ4n) is 2.52. The molecular weight excluding hydrogens is 332 g/mol. The van der Waals surface area contributed by atoms with E-state index in [1.807, 2.05) is 32.1 Å². The van der Waals surface area contributed by atoms with Gasteiger partial charge in [-0.2, -0.15) is 0 Å². The third-order valence-electron chi connectivity index (χ3n) is 4.14. The molecule has 0 saturated carbocycles. The van der Waals surface area contributed by atoms with Crippen LogP contribution >= 0.6 is 11.6 Å². The molecule has 3 heteroatoms. The van der Waals surface area contributed by atoms with Crippen molar-refractivity contribution in [2.24, 2.45) is 11.8 Å². The van der Waals surface area contributed by atoms with Gasteiger partial charge in [-0.25, -0.2) is 0 Å². The van der Waals surface area contributed by atoms with E-state index in [4.69, 9.17) is 21.4 Å². The van der Waals surface area contributed by atoms with Crippen LogP contribution in [0.3, 0.4) is 0 Å². The average Bonchev–Trinajstić information content (AvgIpc) is 2.68. The number of rotatable bonds is 6. The van der Waals surface area contributed by atoms with Crippen molar-refractivity contribution in [2.45, 2.75) is 52.4 Å². The molecule has 0 aromatic carbocycles. The molecule has 2 rings (SSSR count). The SMILES string of the molecule is CC=CCCl.CC=CCOCC1CC=CCC1.OCC1CC=CCC1. The van der Waals surface area contributed by atoms with Crippen LogP contribution in [0.2, 0.25) is 0 Å². The molecule has 2 aliphatic rings. The van der Waals surface area contributed by atoms with Crippen LogP contribution in [0.4, 0.5) is 0 Å². The van der Waals surface area contributed by atoms with Crippen LogP contribution in [0, 0.1) is 11.8 Å². The van der Waals surface area contributed by atoms with Gasteiger partial charge in [0.25, 0.3) is 0 Å². The zero-order valence-electron chi connectivity index (χ0n) is 16.1. The normalized spacial score (nSPS) is 22.4. The van der Waals surface area contributed by atoms with Gasteiger partial charge < -0.3 is 9.84 Å². The van der Waals surface area contributed by atoms with Crippen LogP contribution in [-0.2, 0) is 4.74 Å². The lowest BCUT2D eigenvalue weighted by Crippen LogP contribution is -2.10. The van der Waals surface area contributed by atoms with Gasteiger partial charge in [-0.3, -0.25) is 0 Å². The molecule has 0 fully saturated rings. The molecule has 0 amide bonds. The van der Waals surface area contributed by atoms with Crippen molar-refractivity contribution in [3.05, 3.63) is 48.6 Å². The summed E-state index contributed by atoms with van der Waals surface area (Å²) in [6.07, 6.45) is 23.9. The van der Waals surface area contributed by atoms with E-state index in [1.54, 1.807) is 0 Å². The van der Waals surface area contributed by atoms with E-state index in [0.717, 1.165) is 32.0 Å². The second-order valence-electron chi connectivity index (χ2n) is 6.31. The lowest BCUT2D eigenvalue weighted by molar-refractivity contribution is 0.118. The summed E-state index contributed by atoms with van der Waals surface area (Å²) in [4.78, 5) is 0. The minimum atomic E-state index is 0.365. The van der Waals surface area contributed by atoms with Crippen LogP contribution < -0.4 is 0 Å². The summed E-state index contributed by atoms with van der Waals surface area (Å²) in [6, 6.07) is 0. The molecule has 0 spiro atoms. The molecular formula is C22H37ClO2. The summed E-state index contributed by atoms with van der Waals surface area (Å²) in [6.45, 7) is 6.03. The van der Waals surface area contributed by atoms with E-state index in [-0.39, 0.29) is 0 Å². The number of allylic oxidation sites excluding steroid dienone is 7. The highest BCUT2D eigenvalue weighted by atomic mass is 35.5. The molecule has 0 aromatic heterocycles. The lowest BCUT2D eigenvalue weighted by Gasteiger charge is -2.16. The van der Waals surface area contributed by atoms with Gasteiger partial charge in [0.2, 0.25) is 0 Å². The summed E-state index contributed by atoms with van der Waals surface area (Å²) in [5.74, 6) is 1.96. The fourth-order valence-corrected chi connectivity index (χ4v) is 2.70. The van der Waals surface area contributed by atoms with Crippen LogP contribution in [-0.4, -0.2) is 30.8 Å². The van der Waals surface area contributed by atoms with Crippen molar-refractivity contribution >= 4 is 11.6 Å². The first-order valence-corrected chi connectivity index (χ1v) is 10.1. The first-order chi connectivity index (χ1) is 12.3. The van der Waals surface area contributed by atoms with Crippen LogP contribution in [0.25, 0.3) is 0 Å². The Morgan fingerprint density at radius 1 is 0.960 bits per heavy atom. The largest absolute Gasteiger partial charge is 0.396 e. The van der Waals surface area contributed by atoms with E-state index in [0.29, 0.717) is 18.4 Å².